The molecular formula is C14H23NO4. The highest BCUT2D eigenvalue weighted by Gasteiger charge is 2.07. The van der Waals surface area contributed by atoms with Crippen LogP contribution >= 0.6 is 0 Å². The highest BCUT2D eigenvalue weighted by Crippen LogP contribution is 2.28. The van der Waals surface area contributed by atoms with Crippen LogP contribution in [0.15, 0.2) is 18.2 Å². The monoisotopic (exact) mass is 269 g/mol. The molecule has 19 heavy (non-hydrogen) atoms. The first kappa shape index (κ1) is 15.8. The standard InChI is InChI=1S/C14H23NO4/c1-11(16)10-19-14-8-12(4-5-13(14)18-3)9-15-6-7-17-2/h4-5,8,11,15-16H,6-7,9-10H2,1-3H3. The van der Waals surface area contributed by atoms with Gasteiger partial charge in [-0.15, -0.1) is 0 Å². The Morgan fingerprint density at radius 1 is 1.26 bits per heavy atom. The van der Waals surface area contributed by atoms with E-state index in [4.69, 9.17) is 14.2 Å². The Bertz CT molecular complexity index is 368. The predicted molar refractivity (Wildman–Crippen MR) is 73.8 cm³/mol. The molecule has 0 heterocycles. The molecule has 5 heteroatoms. The van der Waals surface area contributed by atoms with Crippen LogP contribution in [0, 0.1) is 0 Å². The summed E-state index contributed by atoms with van der Waals surface area (Å²) in [6.07, 6.45) is -0.506. The minimum absolute atomic E-state index is 0.247. The van der Waals surface area contributed by atoms with Gasteiger partial charge in [-0.2, -0.15) is 0 Å². The Balaban J connectivity index is 2.60. The van der Waals surface area contributed by atoms with Gasteiger partial charge >= 0.3 is 0 Å². The van der Waals surface area contributed by atoms with Gasteiger partial charge in [0.05, 0.1) is 19.8 Å². The van der Waals surface area contributed by atoms with Gasteiger partial charge in [0.1, 0.15) is 6.61 Å². The van der Waals surface area contributed by atoms with Gasteiger partial charge in [-0.05, 0) is 24.6 Å². The summed E-state index contributed by atoms with van der Waals surface area (Å²) < 4.78 is 15.7. The molecule has 1 aromatic carbocycles. The fourth-order valence-electron chi connectivity index (χ4n) is 1.56. The molecule has 1 unspecified atom stereocenters. The zero-order valence-electron chi connectivity index (χ0n) is 11.8. The van der Waals surface area contributed by atoms with E-state index in [2.05, 4.69) is 5.32 Å². The predicted octanol–water partition coefficient (Wildman–Crippen LogP) is 1.19. The number of benzene rings is 1. The number of aliphatic hydroxyl groups excluding tert-OH is 1. The highest BCUT2D eigenvalue weighted by atomic mass is 16.5. The Morgan fingerprint density at radius 3 is 2.68 bits per heavy atom. The summed E-state index contributed by atoms with van der Waals surface area (Å²) in [5.41, 5.74) is 1.09. The second kappa shape index (κ2) is 8.74. The van der Waals surface area contributed by atoms with E-state index in [1.54, 1.807) is 21.1 Å². The van der Waals surface area contributed by atoms with Crippen molar-refractivity contribution in [2.24, 2.45) is 0 Å². The molecule has 0 radical (unpaired) electrons. The SMILES string of the molecule is COCCNCc1ccc(OC)c(OCC(C)O)c1. The van der Waals surface area contributed by atoms with Crippen molar-refractivity contribution in [3.05, 3.63) is 23.8 Å². The number of hydrogen-bond acceptors (Lipinski definition) is 5. The van der Waals surface area contributed by atoms with E-state index >= 15 is 0 Å². The lowest BCUT2D eigenvalue weighted by molar-refractivity contribution is 0.120. The molecule has 1 aromatic rings. The smallest absolute Gasteiger partial charge is 0.161 e. The third-order valence-electron chi connectivity index (χ3n) is 2.52. The van der Waals surface area contributed by atoms with Gasteiger partial charge in [0.25, 0.3) is 0 Å². The number of methoxy groups -OCH3 is 2. The maximum Gasteiger partial charge on any atom is 0.161 e. The summed E-state index contributed by atoms with van der Waals surface area (Å²) in [5, 5.41) is 12.5. The van der Waals surface area contributed by atoms with Crippen molar-refractivity contribution in [1.82, 2.24) is 5.32 Å². The van der Waals surface area contributed by atoms with Gasteiger partial charge in [-0.25, -0.2) is 0 Å². The Labute approximate surface area is 114 Å². The lowest BCUT2D eigenvalue weighted by Gasteiger charge is -2.13. The first-order chi connectivity index (χ1) is 9.17. The van der Waals surface area contributed by atoms with E-state index in [0.29, 0.717) is 18.1 Å². The summed E-state index contributed by atoms with van der Waals surface area (Å²) in [6, 6.07) is 5.76. The van der Waals surface area contributed by atoms with Crippen LogP contribution in [0.1, 0.15) is 12.5 Å². The van der Waals surface area contributed by atoms with Crippen LogP contribution in [-0.2, 0) is 11.3 Å². The molecule has 0 aromatic heterocycles. The van der Waals surface area contributed by atoms with Crippen molar-refractivity contribution in [3.8, 4) is 11.5 Å². The van der Waals surface area contributed by atoms with Crippen LogP contribution in [-0.4, -0.2) is 45.2 Å². The number of rotatable bonds is 9. The third kappa shape index (κ3) is 5.92. The van der Waals surface area contributed by atoms with Gasteiger partial charge < -0.3 is 24.6 Å². The van der Waals surface area contributed by atoms with E-state index < -0.39 is 6.10 Å². The molecule has 0 spiro atoms. The zero-order chi connectivity index (χ0) is 14.1. The van der Waals surface area contributed by atoms with Crippen molar-refractivity contribution < 1.29 is 19.3 Å². The zero-order valence-corrected chi connectivity index (χ0v) is 11.8. The molecule has 0 aliphatic rings. The molecular weight excluding hydrogens is 246 g/mol. The molecule has 0 bridgehead atoms. The van der Waals surface area contributed by atoms with Gasteiger partial charge in [-0.3, -0.25) is 0 Å². The normalized spacial score (nSPS) is 12.2. The number of hydrogen-bond donors (Lipinski definition) is 2. The quantitative estimate of drug-likeness (QED) is 0.659. The second-order valence-corrected chi connectivity index (χ2v) is 4.31. The van der Waals surface area contributed by atoms with Crippen molar-refractivity contribution in [3.63, 3.8) is 0 Å². The second-order valence-electron chi connectivity index (χ2n) is 4.31. The fraction of sp³-hybridized carbons (Fsp3) is 0.571. The largest absolute Gasteiger partial charge is 0.493 e. The maximum atomic E-state index is 9.26. The molecule has 0 fully saturated rings. The van der Waals surface area contributed by atoms with Gasteiger partial charge in [0.2, 0.25) is 0 Å². The highest BCUT2D eigenvalue weighted by molar-refractivity contribution is 5.42. The summed E-state index contributed by atoms with van der Waals surface area (Å²) in [5.74, 6) is 1.32. The van der Waals surface area contributed by atoms with E-state index in [9.17, 15) is 5.11 Å². The van der Waals surface area contributed by atoms with Crippen LogP contribution in [0.3, 0.4) is 0 Å². The average Bonchev–Trinajstić information content (AvgIpc) is 2.41. The first-order valence-corrected chi connectivity index (χ1v) is 6.34. The molecule has 108 valence electrons. The van der Waals surface area contributed by atoms with E-state index in [1.165, 1.54) is 0 Å². The molecule has 0 amide bonds. The Hall–Kier alpha value is -1.30. The van der Waals surface area contributed by atoms with Gasteiger partial charge in [0.15, 0.2) is 11.5 Å². The van der Waals surface area contributed by atoms with E-state index in [1.807, 2.05) is 18.2 Å². The number of nitrogens with one attached hydrogen (secondary N) is 1. The Morgan fingerprint density at radius 2 is 2.05 bits per heavy atom. The third-order valence-corrected chi connectivity index (χ3v) is 2.52. The van der Waals surface area contributed by atoms with Crippen molar-refractivity contribution in [1.29, 1.82) is 0 Å². The van der Waals surface area contributed by atoms with Crippen molar-refractivity contribution in [2.45, 2.75) is 19.6 Å². The molecule has 0 saturated carbocycles. The fourth-order valence-corrected chi connectivity index (χ4v) is 1.56. The molecule has 5 nitrogen and oxygen atoms in total. The molecule has 1 atom stereocenters. The number of ether oxygens (including phenoxy) is 3. The van der Waals surface area contributed by atoms with Crippen LogP contribution in [0.25, 0.3) is 0 Å². The molecule has 0 aliphatic carbocycles. The lowest BCUT2D eigenvalue weighted by Crippen LogP contribution is -2.18. The topological polar surface area (TPSA) is 60.0 Å². The lowest BCUT2D eigenvalue weighted by atomic mass is 10.2. The minimum Gasteiger partial charge on any atom is -0.493 e. The van der Waals surface area contributed by atoms with Crippen LogP contribution in [0.2, 0.25) is 0 Å². The Kier molecular flexibility index (Phi) is 7.25. The summed E-state index contributed by atoms with van der Waals surface area (Å²) >= 11 is 0. The average molecular weight is 269 g/mol. The van der Waals surface area contributed by atoms with E-state index in [0.717, 1.165) is 18.7 Å². The molecule has 2 N–H and O–H groups in total. The minimum atomic E-state index is -0.506. The summed E-state index contributed by atoms with van der Waals surface area (Å²) in [4.78, 5) is 0. The molecule has 0 saturated heterocycles. The van der Waals surface area contributed by atoms with Crippen LogP contribution < -0.4 is 14.8 Å². The number of aliphatic hydroxyl groups is 1. The van der Waals surface area contributed by atoms with Gasteiger partial charge in [0, 0.05) is 20.2 Å². The summed E-state index contributed by atoms with van der Waals surface area (Å²) in [6.45, 7) is 4.14. The van der Waals surface area contributed by atoms with E-state index in [-0.39, 0.29) is 6.61 Å². The van der Waals surface area contributed by atoms with Gasteiger partial charge in [-0.1, -0.05) is 6.07 Å². The van der Waals surface area contributed by atoms with Crippen molar-refractivity contribution >= 4 is 0 Å². The first-order valence-electron chi connectivity index (χ1n) is 6.34. The maximum absolute atomic E-state index is 9.26. The molecule has 1 rings (SSSR count). The summed E-state index contributed by atoms with van der Waals surface area (Å²) in [7, 11) is 3.28. The molecule has 0 aliphatic heterocycles. The van der Waals surface area contributed by atoms with Crippen molar-refractivity contribution in [2.75, 3.05) is 34.0 Å². The van der Waals surface area contributed by atoms with Crippen LogP contribution in [0.4, 0.5) is 0 Å². The van der Waals surface area contributed by atoms with Crippen LogP contribution in [0.5, 0.6) is 11.5 Å².